The van der Waals surface area contributed by atoms with Crippen molar-refractivity contribution in [1.29, 1.82) is 0 Å². The van der Waals surface area contributed by atoms with Crippen LogP contribution in [0.25, 0.3) is 15.9 Å². The lowest BCUT2D eigenvalue weighted by molar-refractivity contribution is -0.113. The normalized spacial score (nSPS) is 13.5. The molecule has 0 fully saturated rings. The first kappa shape index (κ1) is 24.8. The van der Waals surface area contributed by atoms with Crippen molar-refractivity contribution in [3.05, 3.63) is 74.3 Å². The smallest absolute Gasteiger partial charge is 0.267 e. The van der Waals surface area contributed by atoms with Crippen molar-refractivity contribution in [2.24, 2.45) is 0 Å². The van der Waals surface area contributed by atoms with Gasteiger partial charge in [-0.05, 0) is 62.4 Å². The van der Waals surface area contributed by atoms with E-state index in [2.05, 4.69) is 17.3 Å². The van der Waals surface area contributed by atoms with Crippen LogP contribution in [-0.2, 0) is 17.8 Å². The van der Waals surface area contributed by atoms with E-state index in [1.807, 2.05) is 37.3 Å². The molecular weight excluding hydrogens is 516 g/mol. The minimum absolute atomic E-state index is 0.0774. The number of thiophene rings is 1. The molecule has 5 rings (SSSR count). The molecule has 1 aliphatic heterocycles. The van der Waals surface area contributed by atoms with Gasteiger partial charge in [0.15, 0.2) is 5.16 Å². The van der Waals surface area contributed by atoms with Crippen LogP contribution < -0.4 is 15.6 Å². The molecule has 2 aromatic heterocycles. The number of hydrogen-bond acceptors (Lipinski definition) is 7. The van der Waals surface area contributed by atoms with Gasteiger partial charge >= 0.3 is 0 Å². The molecular formula is C26H25ClN4O3S2. The molecule has 0 aliphatic carbocycles. The molecule has 0 unspecified atom stereocenters. The number of likely N-dealkylation sites (N-methyl/N-ethyl adjacent to an activating group) is 1. The number of nitrogens with one attached hydrogen (secondary N) is 1. The number of benzene rings is 2. The summed E-state index contributed by atoms with van der Waals surface area (Å²) in [5.74, 6) is 0.578. The standard InChI is InChI=1S/C26H25ClN4O3S2/c1-3-34-17-10-8-16(9-11-17)31-25(33)23-18-12-13-30(2)14-21(18)36-24(23)29-26(31)35-15-22(32)28-20-7-5-4-6-19(20)27/h4-11H,3,12-15H2,1-2H3,(H,28,32). The summed E-state index contributed by atoms with van der Waals surface area (Å²) in [5.41, 5.74) is 2.21. The molecule has 4 aromatic rings. The van der Waals surface area contributed by atoms with E-state index in [4.69, 9.17) is 21.3 Å². The Bertz CT molecular complexity index is 1480. The van der Waals surface area contributed by atoms with Crippen LogP contribution in [0.15, 0.2) is 58.5 Å². The van der Waals surface area contributed by atoms with Gasteiger partial charge in [0.1, 0.15) is 10.6 Å². The molecule has 1 aliphatic rings. The number of ether oxygens (including phenoxy) is 1. The van der Waals surface area contributed by atoms with Crippen molar-refractivity contribution in [1.82, 2.24) is 14.5 Å². The van der Waals surface area contributed by atoms with Crippen molar-refractivity contribution >= 4 is 56.5 Å². The van der Waals surface area contributed by atoms with Crippen molar-refractivity contribution in [2.45, 2.75) is 25.0 Å². The van der Waals surface area contributed by atoms with Gasteiger partial charge < -0.3 is 15.0 Å². The lowest BCUT2D eigenvalue weighted by atomic mass is 10.1. The molecule has 1 amide bonds. The van der Waals surface area contributed by atoms with Crippen molar-refractivity contribution in [3.63, 3.8) is 0 Å². The maximum Gasteiger partial charge on any atom is 0.267 e. The summed E-state index contributed by atoms with van der Waals surface area (Å²) in [7, 11) is 2.08. The van der Waals surface area contributed by atoms with Crippen LogP contribution in [-0.4, -0.2) is 46.3 Å². The predicted octanol–water partition coefficient (Wildman–Crippen LogP) is 5.22. The Morgan fingerprint density at radius 3 is 2.75 bits per heavy atom. The molecule has 0 radical (unpaired) electrons. The summed E-state index contributed by atoms with van der Waals surface area (Å²) in [4.78, 5) is 35.7. The third-order valence-corrected chi connectivity index (χ3v) is 8.30. The third-order valence-electron chi connectivity index (χ3n) is 5.92. The van der Waals surface area contributed by atoms with Gasteiger partial charge in [0.25, 0.3) is 5.56 Å². The van der Waals surface area contributed by atoms with E-state index in [0.717, 1.165) is 35.7 Å². The van der Waals surface area contributed by atoms with Crippen molar-refractivity contribution in [3.8, 4) is 11.4 Å². The molecule has 0 spiro atoms. The number of anilines is 1. The first-order valence-electron chi connectivity index (χ1n) is 11.6. The molecule has 0 atom stereocenters. The second-order valence-corrected chi connectivity index (χ2v) is 10.9. The van der Waals surface area contributed by atoms with Gasteiger partial charge in [0.2, 0.25) is 5.91 Å². The summed E-state index contributed by atoms with van der Waals surface area (Å²) < 4.78 is 7.18. The summed E-state index contributed by atoms with van der Waals surface area (Å²) in [6.07, 6.45) is 0.818. The first-order valence-corrected chi connectivity index (χ1v) is 13.8. The highest BCUT2D eigenvalue weighted by Crippen LogP contribution is 2.34. The average molecular weight is 541 g/mol. The number of nitrogens with zero attached hydrogens (tertiary/aromatic N) is 3. The first-order chi connectivity index (χ1) is 17.4. The van der Waals surface area contributed by atoms with Crippen molar-refractivity contribution < 1.29 is 9.53 Å². The topological polar surface area (TPSA) is 76.5 Å². The predicted molar refractivity (Wildman–Crippen MR) is 147 cm³/mol. The molecule has 1 N–H and O–H groups in total. The van der Waals surface area contributed by atoms with E-state index in [-0.39, 0.29) is 17.2 Å². The van der Waals surface area contributed by atoms with Gasteiger partial charge in [-0.1, -0.05) is 35.5 Å². The van der Waals surface area contributed by atoms with Gasteiger partial charge in [-0.3, -0.25) is 14.2 Å². The number of aromatic nitrogens is 2. The van der Waals surface area contributed by atoms with Crippen LogP contribution in [0, 0.1) is 0 Å². The van der Waals surface area contributed by atoms with Crippen LogP contribution in [0.5, 0.6) is 5.75 Å². The Balaban J connectivity index is 1.53. The van der Waals surface area contributed by atoms with Gasteiger partial charge in [-0.25, -0.2) is 4.98 Å². The molecule has 7 nitrogen and oxygen atoms in total. The van der Waals surface area contributed by atoms with Gasteiger partial charge in [-0.2, -0.15) is 0 Å². The van der Waals surface area contributed by atoms with Crippen LogP contribution in [0.4, 0.5) is 5.69 Å². The van der Waals surface area contributed by atoms with E-state index in [1.165, 1.54) is 16.6 Å². The number of fused-ring (bicyclic) bond motifs is 3. The van der Waals surface area contributed by atoms with E-state index in [0.29, 0.717) is 33.5 Å². The van der Waals surface area contributed by atoms with Gasteiger partial charge in [0.05, 0.1) is 34.1 Å². The van der Waals surface area contributed by atoms with Crippen LogP contribution in [0.3, 0.4) is 0 Å². The zero-order chi connectivity index (χ0) is 25.2. The lowest BCUT2D eigenvalue weighted by Gasteiger charge is -2.21. The second-order valence-electron chi connectivity index (χ2n) is 8.45. The summed E-state index contributed by atoms with van der Waals surface area (Å²) in [6.45, 7) is 4.20. The Kier molecular flexibility index (Phi) is 7.34. The molecule has 0 saturated carbocycles. The monoisotopic (exact) mass is 540 g/mol. The summed E-state index contributed by atoms with van der Waals surface area (Å²) >= 11 is 8.97. The maximum atomic E-state index is 13.9. The molecule has 0 bridgehead atoms. The van der Waals surface area contributed by atoms with Crippen LogP contribution in [0.1, 0.15) is 17.4 Å². The van der Waals surface area contributed by atoms with E-state index in [1.54, 1.807) is 34.1 Å². The molecule has 3 heterocycles. The average Bonchev–Trinajstić information content (AvgIpc) is 3.22. The number of thioether (sulfide) groups is 1. The minimum Gasteiger partial charge on any atom is -0.494 e. The second kappa shape index (κ2) is 10.6. The quantitative estimate of drug-likeness (QED) is 0.256. The number of rotatable bonds is 7. The fourth-order valence-electron chi connectivity index (χ4n) is 4.21. The number of para-hydroxylation sites is 1. The Hall–Kier alpha value is -2.85. The minimum atomic E-state index is -0.229. The third kappa shape index (κ3) is 5.01. The highest BCUT2D eigenvalue weighted by molar-refractivity contribution is 7.99. The Labute approximate surface area is 222 Å². The zero-order valence-electron chi connectivity index (χ0n) is 19.9. The van der Waals surface area contributed by atoms with E-state index >= 15 is 0 Å². The largest absolute Gasteiger partial charge is 0.494 e. The molecule has 36 heavy (non-hydrogen) atoms. The highest BCUT2D eigenvalue weighted by atomic mass is 35.5. The highest BCUT2D eigenvalue weighted by Gasteiger charge is 2.25. The summed E-state index contributed by atoms with van der Waals surface area (Å²) in [5, 5.41) is 4.45. The van der Waals surface area contributed by atoms with Crippen LogP contribution in [0.2, 0.25) is 5.02 Å². The number of halogens is 1. The SMILES string of the molecule is CCOc1ccc(-n2c(SCC(=O)Nc3ccccc3Cl)nc3sc4c(c3c2=O)CCN(C)C4)cc1. The molecule has 0 saturated heterocycles. The Morgan fingerprint density at radius 2 is 2.00 bits per heavy atom. The zero-order valence-corrected chi connectivity index (χ0v) is 22.3. The summed E-state index contributed by atoms with van der Waals surface area (Å²) in [6, 6.07) is 14.5. The maximum absolute atomic E-state index is 13.9. The number of amides is 1. The fraction of sp³-hybridized carbons (Fsp3) is 0.269. The number of carbonyl (C=O) groups is 1. The number of hydrogen-bond donors (Lipinski definition) is 1. The molecule has 2 aromatic carbocycles. The van der Waals surface area contributed by atoms with E-state index < -0.39 is 0 Å². The lowest BCUT2D eigenvalue weighted by Crippen LogP contribution is -2.27. The fourth-order valence-corrected chi connectivity index (χ4v) is 6.55. The molecule has 10 heteroatoms. The number of carbonyl (C=O) groups excluding carboxylic acids is 1. The van der Waals surface area contributed by atoms with Crippen molar-refractivity contribution in [2.75, 3.05) is 31.3 Å². The Morgan fingerprint density at radius 1 is 1.22 bits per heavy atom. The van der Waals surface area contributed by atoms with Gasteiger partial charge in [0, 0.05) is 18.0 Å². The van der Waals surface area contributed by atoms with E-state index in [9.17, 15) is 9.59 Å². The van der Waals surface area contributed by atoms with Gasteiger partial charge in [-0.15, -0.1) is 11.3 Å². The molecule has 186 valence electrons. The van der Waals surface area contributed by atoms with Crippen LogP contribution >= 0.6 is 34.7 Å².